The third kappa shape index (κ3) is 7.30. The van der Waals surface area contributed by atoms with E-state index < -0.39 is 18.0 Å². The molecule has 0 aromatic rings. The van der Waals surface area contributed by atoms with Crippen LogP contribution in [-0.4, -0.2) is 58.6 Å². The lowest BCUT2D eigenvalue weighted by atomic mass is 10.4. The van der Waals surface area contributed by atoms with Crippen molar-refractivity contribution in [1.82, 2.24) is 10.3 Å². The highest BCUT2D eigenvalue weighted by molar-refractivity contribution is 7.99. The number of hydrogen-bond acceptors (Lipinski definition) is 6. The van der Waals surface area contributed by atoms with Crippen LogP contribution in [-0.2, 0) is 4.79 Å². The van der Waals surface area contributed by atoms with Crippen molar-refractivity contribution in [2.24, 2.45) is 11.0 Å². The number of aliphatic carboxylic acids is 1. The van der Waals surface area contributed by atoms with Gasteiger partial charge in [-0.3, -0.25) is 4.79 Å². The van der Waals surface area contributed by atoms with E-state index in [9.17, 15) is 14.5 Å². The summed E-state index contributed by atoms with van der Waals surface area (Å²) < 4.78 is 0. The average Bonchev–Trinajstić information content (AvgIpc) is 2.34. The van der Waals surface area contributed by atoms with Crippen LogP contribution in [0.1, 0.15) is 0 Å². The molecule has 0 heterocycles. The van der Waals surface area contributed by atoms with Crippen molar-refractivity contribution in [2.75, 3.05) is 30.5 Å². The molecule has 0 aliphatic heterocycles. The molecule has 1 atom stereocenters. The summed E-state index contributed by atoms with van der Waals surface area (Å²) in [6, 6.07) is -1.55. The number of rotatable bonds is 9. The molecule has 0 aromatic heterocycles. The predicted octanol–water partition coefficient (Wildman–Crippen LogP) is 0.0633. The molecule has 2 amide bonds. The first kappa shape index (κ1) is 16.9. The third-order valence-corrected chi connectivity index (χ3v) is 3.02. The molecule has 0 aromatic carbocycles. The zero-order valence-electron chi connectivity index (χ0n) is 9.54. The van der Waals surface area contributed by atoms with E-state index >= 15 is 0 Å². The second-order valence-electron chi connectivity index (χ2n) is 3.15. The van der Waals surface area contributed by atoms with Crippen LogP contribution in [0, 0.1) is 4.91 Å². The highest BCUT2D eigenvalue weighted by atomic mass is 35.5. The number of carboxylic acids is 1. The van der Waals surface area contributed by atoms with Crippen molar-refractivity contribution in [1.29, 1.82) is 0 Å². The first-order valence-electron chi connectivity index (χ1n) is 5.03. The molecule has 0 saturated heterocycles. The normalized spacial score (nSPS) is 11.7. The molecule has 0 aliphatic carbocycles. The molecule has 0 fully saturated rings. The second kappa shape index (κ2) is 9.92. The number of halogens is 1. The number of alkyl halides is 1. The van der Waals surface area contributed by atoms with Gasteiger partial charge in [0, 0.05) is 23.9 Å². The molecule has 4 N–H and O–H groups in total. The Morgan fingerprint density at radius 2 is 2.22 bits per heavy atom. The number of thioether (sulfide) groups is 1. The maximum absolute atomic E-state index is 11.3. The Balaban J connectivity index is 3.68. The minimum absolute atomic E-state index is 0.0356. The number of nitrogens with zero attached hydrogens (tertiary/aromatic N) is 2. The van der Waals surface area contributed by atoms with Gasteiger partial charge in [0.25, 0.3) is 0 Å². The summed E-state index contributed by atoms with van der Waals surface area (Å²) in [7, 11) is 0. The topological polar surface area (TPSA) is 125 Å². The summed E-state index contributed by atoms with van der Waals surface area (Å²) in [5, 5.41) is 14.2. The fourth-order valence-electron chi connectivity index (χ4n) is 0.862. The number of nitrogens with two attached hydrogens (primary N) is 1. The average molecular weight is 299 g/mol. The summed E-state index contributed by atoms with van der Waals surface area (Å²) in [4.78, 5) is 32.0. The maximum atomic E-state index is 11.3. The Morgan fingerprint density at radius 3 is 2.72 bits per heavy atom. The zero-order chi connectivity index (χ0) is 14.0. The lowest BCUT2D eigenvalue weighted by Gasteiger charge is -2.12. The van der Waals surface area contributed by atoms with Gasteiger partial charge in [-0.15, -0.1) is 16.5 Å². The van der Waals surface area contributed by atoms with Crippen LogP contribution in [0.4, 0.5) is 4.79 Å². The highest BCUT2D eigenvalue weighted by Crippen LogP contribution is 2.01. The number of nitroso groups, excluding NO2 is 1. The number of hydrogen-bond donors (Lipinski definition) is 3. The Hall–Kier alpha value is -1.06. The Labute approximate surface area is 113 Å². The first-order valence-corrected chi connectivity index (χ1v) is 6.72. The van der Waals surface area contributed by atoms with E-state index in [0.29, 0.717) is 10.8 Å². The molecule has 8 nitrogen and oxygen atoms in total. The Kier molecular flexibility index (Phi) is 9.33. The van der Waals surface area contributed by atoms with Crippen molar-refractivity contribution in [3.05, 3.63) is 4.91 Å². The van der Waals surface area contributed by atoms with Crippen molar-refractivity contribution < 1.29 is 14.7 Å². The smallest absolute Gasteiger partial charge is 0.340 e. The van der Waals surface area contributed by atoms with Gasteiger partial charge in [0.15, 0.2) is 0 Å². The number of amides is 2. The van der Waals surface area contributed by atoms with Crippen molar-refractivity contribution in [3.63, 3.8) is 0 Å². The minimum atomic E-state index is -1.06. The number of carboxylic acid groups (broad SMARTS) is 1. The zero-order valence-corrected chi connectivity index (χ0v) is 11.1. The molecule has 0 saturated carbocycles. The first-order chi connectivity index (χ1) is 8.52. The molecule has 10 heteroatoms. The SMILES string of the molecule is NC(CSCCNC(=O)N(CCCl)N=O)C(=O)O. The van der Waals surface area contributed by atoms with E-state index in [-0.39, 0.29) is 24.7 Å². The van der Waals surface area contributed by atoms with E-state index in [1.165, 1.54) is 11.8 Å². The van der Waals surface area contributed by atoms with Gasteiger partial charge in [0.05, 0.1) is 11.8 Å². The van der Waals surface area contributed by atoms with E-state index in [0.717, 1.165) is 0 Å². The fraction of sp³-hybridized carbons (Fsp3) is 0.750. The van der Waals surface area contributed by atoms with Crippen LogP contribution in [0.3, 0.4) is 0 Å². The number of carbonyl (C=O) groups excluding carboxylic acids is 1. The van der Waals surface area contributed by atoms with Crippen LogP contribution in [0.15, 0.2) is 5.29 Å². The van der Waals surface area contributed by atoms with E-state index in [1.807, 2.05) is 0 Å². The van der Waals surface area contributed by atoms with Crippen molar-refractivity contribution in [2.45, 2.75) is 6.04 Å². The Morgan fingerprint density at radius 1 is 1.56 bits per heavy atom. The summed E-state index contributed by atoms with van der Waals surface area (Å²) in [5.41, 5.74) is 5.28. The lowest BCUT2D eigenvalue weighted by molar-refractivity contribution is -0.137. The second-order valence-corrected chi connectivity index (χ2v) is 4.67. The van der Waals surface area contributed by atoms with Crippen LogP contribution >= 0.6 is 23.4 Å². The molecule has 1 unspecified atom stereocenters. The summed E-state index contributed by atoms with van der Waals surface area (Å²) in [5.74, 6) is -0.213. The number of urea groups is 1. The van der Waals surface area contributed by atoms with Crippen molar-refractivity contribution in [3.8, 4) is 0 Å². The van der Waals surface area contributed by atoms with Gasteiger partial charge in [-0.05, 0) is 0 Å². The van der Waals surface area contributed by atoms with E-state index in [2.05, 4.69) is 10.6 Å². The summed E-state index contributed by atoms with van der Waals surface area (Å²) >= 11 is 6.66. The molecule has 0 aliphatic rings. The molecular formula is C8H15ClN4O4S. The van der Waals surface area contributed by atoms with E-state index in [1.54, 1.807) is 0 Å². The molecule has 0 bridgehead atoms. The van der Waals surface area contributed by atoms with Gasteiger partial charge in [0.2, 0.25) is 0 Å². The van der Waals surface area contributed by atoms with Gasteiger partial charge >= 0.3 is 12.0 Å². The molecule has 0 spiro atoms. The number of nitrogens with one attached hydrogen (secondary N) is 1. The Bertz CT molecular complexity index is 294. The lowest BCUT2D eigenvalue weighted by Crippen LogP contribution is -2.38. The molecule has 18 heavy (non-hydrogen) atoms. The van der Waals surface area contributed by atoms with E-state index in [4.69, 9.17) is 22.4 Å². The fourth-order valence-corrected chi connectivity index (χ4v) is 1.83. The van der Waals surface area contributed by atoms with Gasteiger partial charge in [0.1, 0.15) is 6.04 Å². The third-order valence-electron chi connectivity index (χ3n) is 1.77. The minimum Gasteiger partial charge on any atom is -0.480 e. The maximum Gasteiger partial charge on any atom is 0.340 e. The molecular weight excluding hydrogens is 284 g/mol. The molecule has 0 radical (unpaired) electrons. The van der Waals surface area contributed by atoms with Gasteiger partial charge in [-0.2, -0.15) is 16.8 Å². The highest BCUT2D eigenvalue weighted by Gasteiger charge is 2.13. The van der Waals surface area contributed by atoms with Crippen molar-refractivity contribution >= 4 is 35.4 Å². The van der Waals surface area contributed by atoms with Crippen LogP contribution in [0.2, 0.25) is 0 Å². The largest absolute Gasteiger partial charge is 0.480 e. The quantitative estimate of drug-likeness (QED) is 0.239. The monoisotopic (exact) mass is 298 g/mol. The van der Waals surface area contributed by atoms with Gasteiger partial charge < -0.3 is 16.2 Å². The standard InChI is InChI=1S/C8H15ClN4O4S/c9-1-3-13(12-17)8(16)11-2-4-18-5-6(10)7(14)15/h6H,1-5,10H2,(H,11,16)(H,14,15). The predicted molar refractivity (Wildman–Crippen MR) is 69.6 cm³/mol. The summed E-state index contributed by atoms with van der Waals surface area (Å²) in [6.45, 7) is 0.318. The molecule has 0 rings (SSSR count). The summed E-state index contributed by atoms with van der Waals surface area (Å²) in [6.07, 6.45) is 0. The van der Waals surface area contributed by atoms with Crippen LogP contribution in [0.25, 0.3) is 0 Å². The number of carbonyl (C=O) groups is 2. The van der Waals surface area contributed by atoms with Gasteiger partial charge in [-0.1, -0.05) is 0 Å². The molecule has 104 valence electrons. The van der Waals surface area contributed by atoms with Crippen LogP contribution in [0.5, 0.6) is 0 Å². The van der Waals surface area contributed by atoms with Gasteiger partial charge in [-0.25, -0.2) is 4.79 Å². The van der Waals surface area contributed by atoms with Crippen LogP contribution < -0.4 is 11.1 Å².